The molecule has 0 atom stereocenters. The van der Waals surface area contributed by atoms with Crippen LogP contribution in [0.25, 0.3) is 0 Å². The van der Waals surface area contributed by atoms with Gasteiger partial charge in [-0.15, -0.1) is 0 Å². The molecule has 2 N–H and O–H groups in total. The second kappa shape index (κ2) is 9.28. The number of amides is 2. The van der Waals surface area contributed by atoms with Gasteiger partial charge in [0.1, 0.15) is 12.2 Å². The van der Waals surface area contributed by atoms with E-state index in [1.54, 1.807) is 24.3 Å². The molecule has 0 aliphatic heterocycles. The molecule has 30 heavy (non-hydrogen) atoms. The summed E-state index contributed by atoms with van der Waals surface area (Å²) in [6.45, 7) is -0.385. The Labute approximate surface area is 171 Å². The topological polar surface area (TPSA) is 119 Å². The Morgan fingerprint density at radius 1 is 0.900 bits per heavy atom. The summed E-state index contributed by atoms with van der Waals surface area (Å²) in [6.07, 6.45) is 0. The maximum Gasteiger partial charge on any atom is 0.337 e. The number of carbonyl (C=O) groups excluding carboxylic acids is 3. The lowest BCUT2D eigenvalue weighted by Gasteiger charge is -2.09. The van der Waals surface area contributed by atoms with Crippen LogP contribution >= 0.6 is 0 Å². The number of ether oxygens (including phenoxy) is 1. The van der Waals surface area contributed by atoms with Crippen LogP contribution in [0.1, 0.15) is 20.8 Å². The van der Waals surface area contributed by atoms with Crippen LogP contribution in [0.2, 0.25) is 0 Å². The summed E-state index contributed by atoms with van der Waals surface area (Å²) in [4.78, 5) is 48.1. The number of methoxy groups -OCH3 is 1. The zero-order valence-electron chi connectivity index (χ0n) is 16.0. The van der Waals surface area contributed by atoms with E-state index in [0.717, 1.165) is 4.68 Å². The second-order valence-corrected chi connectivity index (χ2v) is 6.15. The number of para-hydroxylation sites is 1. The maximum atomic E-state index is 12.3. The molecule has 0 saturated carbocycles. The molecule has 0 radical (unpaired) electrons. The van der Waals surface area contributed by atoms with Gasteiger partial charge in [-0.2, -0.15) is 5.10 Å². The number of benzene rings is 2. The number of nitrogens with one attached hydrogen (secondary N) is 2. The predicted octanol–water partition coefficient (Wildman–Crippen LogP) is 1.92. The van der Waals surface area contributed by atoms with Crippen LogP contribution in [0, 0.1) is 0 Å². The van der Waals surface area contributed by atoms with Crippen molar-refractivity contribution in [1.29, 1.82) is 0 Å². The molecule has 3 rings (SSSR count). The summed E-state index contributed by atoms with van der Waals surface area (Å²) in [6, 6.07) is 17.3. The summed E-state index contributed by atoms with van der Waals surface area (Å²) in [5, 5.41) is 9.23. The zero-order chi connectivity index (χ0) is 21.5. The first-order valence-electron chi connectivity index (χ1n) is 8.89. The van der Waals surface area contributed by atoms with Crippen molar-refractivity contribution in [2.75, 3.05) is 17.7 Å². The van der Waals surface area contributed by atoms with Gasteiger partial charge >= 0.3 is 5.97 Å². The van der Waals surface area contributed by atoms with Crippen molar-refractivity contribution in [3.05, 3.63) is 88.3 Å². The van der Waals surface area contributed by atoms with Crippen LogP contribution in [0.15, 0.2) is 71.5 Å². The van der Waals surface area contributed by atoms with Crippen LogP contribution < -0.4 is 16.2 Å². The van der Waals surface area contributed by atoms with Gasteiger partial charge in [0, 0.05) is 17.4 Å². The largest absolute Gasteiger partial charge is 0.465 e. The fourth-order valence-electron chi connectivity index (χ4n) is 2.54. The van der Waals surface area contributed by atoms with E-state index in [0.29, 0.717) is 16.9 Å². The Balaban J connectivity index is 1.67. The highest BCUT2D eigenvalue weighted by atomic mass is 16.5. The number of esters is 1. The Hall–Kier alpha value is -4.27. The number of nitrogens with zero attached hydrogens (tertiary/aromatic N) is 2. The van der Waals surface area contributed by atoms with Crippen molar-refractivity contribution in [3.63, 3.8) is 0 Å². The number of aromatic nitrogens is 2. The van der Waals surface area contributed by atoms with E-state index in [1.807, 2.05) is 6.07 Å². The monoisotopic (exact) mass is 406 g/mol. The number of anilines is 2. The first kappa shape index (κ1) is 20.5. The van der Waals surface area contributed by atoms with Crippen molar-refractivity contribution in [3.8, 4) is 0 Å². The lowest BCUT2D eigenvalue weighted by molar-refractivity contribution is -0.117. The average molecular weight is 406 g/mol. The molecule has 0 bridgehead atoms. The Kier molecular flexibility index (Phi) is 6.33. The minimum absolute atomic E-state index is 0.00585. The van der Waals surface area contributed by atoms with Crippen molar-refractivity contribution in [2.24, 2.45) is 0 Å². The fraction of sp³-hybridized carbons (Fsp3) is 0.0952. The van der Waals surface area contributed by atoms with Gasteiger partial charge in [-0.05, 0) is 42.5 Å². The van der Waals surface area contributed by atoms with Crippen LogP contribution in [0.4, 0.5) is 11.4 Å². The van der Waals surface area contributed by atoms with Gasteiger partial charge in [-0.25, -0.2) is 9.48 Å². The number of carbonyl (C=O) groups is 3. The Bertz CT molecular complexity index is 1120. The molecular formula is C21H18N4O5. The molecule has 0 fully saturated rings. The highest BCUT2D eigenvalue weighted by Gasteiger charge is 2.13. The number of rotatable bonds is 6. The number of hydrogen-bond donors (Lipinski definition) is 2. The van der Waals surface area contributed by atoms with Crippen molar-refractivity contribution in [1.82, 2.24) is 9.78 Å². The molecule has 0 aliphatic rings. The highest BCUT2D eigenvalue weighted by Crippen LogP contribution is 2.10. The smallest absolute Gasteiger partial charge is 0.337 e. The summed E-state index contributed by atoms with van der Waals surface area (Å²) in [7, 11) is 1.27. The summed E-state index contributed by atoms with van der Waals surface area (Å²) in [5.41, 5.74) is 0.815. The summed E-state index contributed by atoms with van der Waals surface area (Å²) >= 11 is 0. The van der Waals surface area contributed by atoms with Crippen molar-refractivity contribution < 1.29 is 19.1 Å². The van der Waals surface area contributed by atoms with Crippen molar-refractivity contribution in [2.45, 2.75) is 6.54 Å². The molecule has 0 unspecified atom stereocenters. The standard InChI is InChI=1S/C21H18N4O5/c1-30-21(29)14-7-9-16(10-8-14)22-18(26)13-25-19(27)12-11-17(24-25)20(28)23-15-5-3-2-4-6-15/h2-12H,13H2,1H3,(H,22,26)(H,23,28). The molecule has 1 heterocycles. The average Bonchev–Trinajstić information content (AvgIpc) is 2.76. The van der Waals surface area contributed by atoms with Gasteiger partial charge in [-0.3, -0.25) is 14.4 Å². The minimum atomic E-state index is -0.526. The second-order valence-electron chi connectivity index (χ2n) is 6.15. The predicted molar refractivity (Wildman–Crippen MR) is 109 cm³/mol. The van der Waals surface area contributed by atoms with Crippen LogP contribution in [0.3, 0.4) is 0 Å². The van der Waals surface area contributed by atoms with Crippen LogP contribution in [-0.4, -0.2) is 34.7 Å². The van der Waals surface area contributed by atoms with Gasteiger partial charge in [-0.1, -0.05) is 18.2 Å². The summed E-state index contributed by atoms with van der Waals surface area (Å²) < 4.78 is 5.51. The van der Waals surface area contributed by atoms with E-state index in [9.17, 15) is 19.2 Å². The maximum absolute atomic E-state index is 12.3. The molecule has 152 valence electrons. The quantitative estimate of drug-likeness (QED) is 0.604. The molecule has 0 saturated heterocycles. The molecule has 0 aliphatic carbocycles. The van der Waals surface area contributed by atoms with Gasteiger partial charge in [0.2, 0.25) is 5.91 Å². The SMILES string of the molecule is COC(=O)c1ccc(NC(=O)Cn2nc(C(=O)Nc3ccccc3)ccc2=O)cc1. The van der Waals surface area contributed by atoms with E-state index < -0.39 is 23.3 Å². The van der Waals surface area contributed by atoms with E-state index in [1.165, 1.54) is 43.5 Å². The third-order valence-electron chi connectivity index (χ3n) is 4.01. The number of hydrogen-bond acceptors (Lipinski definition) is 6. The van der Waals surface area contributed by atoms with Gasteiger partial charge in [0.05, 0.1) is 12.7 Å². The summed E-state index contributed by atoms with van der Waals surface area (Å²) in [5.74, 6) is -1.51. The first-order chi connectivity index (χ1) is 14.5. The normalized spacial score (nSPS) is 10.2. The van der Waals surface area contributed by atoms with Crippen LogP contribution in [0.5, 0.6) is 0 Å². The molecule has 3 aromatic rings. The van der Waals surface area contributed by atoms with Crippen LogP contribution in [-0.2, 0) is 16.1 Å². The Morgan fingerprint density at radius 2 is 1.57 bits per heavy atom. The van der Waals surface area contributed by atoms with Gasteiger partial charge < -0.3 is 15.4 Å². The van der Waals surface area contributed by atoms with E-state index in [-0.39, 0.29) is 12.2 Å². The molecule has 1 aromatic heterocycles. The van der Waals surface area contributed by atoms with E-state index in [2.05, 4.69) is 20.5 Å². The minimum Gasteiger partial charge on any atom is -0.465 e. The molecule has 2 amide bonds. The van der Waals surface area contributed by atoms with Gasteiger partial charge in [0.25, 0.3) is 11.5 Å². The van der Waals surface area contributed by atoms with Gasteiger partial charge in [0.15, 0.2) is 0 Å². The highest BCUT2D eigenvalue weighted by molar-refractivity contribution is 6.02. The molecule has 9 heteroatoms. The lowest BCUT2D eigenvalue weighted by Crippen LogP contribution is -2.31. The third kappa shape index (κ3) is 5.16. The van der Waals surface area contributed by atoms with Crippen molar-refractivity contribution >= 4 is 29.2 Å². The molecular weight excluding hydrogens is 388 g/mol. The van der Waals surface area contributed by atoms with E-state index in [4.69, 9.17) is 0 Å². The molecule has 0 spiro atoms. The lowest BCUT2D eigenvalue weighted by atomic mass is 10.2. The van der Waals surface area contributed by atoms with E-state index >= 15 is 0 Å². The molecule has 2 aromatic carbocycles. The Morgan fingerprint density at radius 3 is 2.23 bits per heavy atom. The third-order valence-corrected chi connectivity index (χ3v) is 4.01. The molecule has 9 nitrogen and oxygen atoms in total. The fourth-order valence-corrected chi connectivity index (χ4v) is 2.54. The zero-order valence-corrected chi connectivity index (χ0v) is 16.0. The first-order valence-corrected chi connectivity index (χ1v) is 8.89.